The minimum absolute atomic E-state index is 0.256. The van der Waals surface area contributed by atoms with Gasteiger partial charge in [0.05, 0.1) is 0 Å². The van der Waals surface area contributed by atoms with Crippen LogP contribution < -0.4 is 0 Å². The van der Waals surface area contributed by atoms with Gasteiger partial charge in [-0.3, -0.25) is 4.79 Å². The van der Waals surface area contributed by atoms with Gasteiger partial charge in [0.1, 0.15) is 6.61 Å². The second-order valence-corrected chi connectivity index (χ2v) is 2.24. The van der Waals surface area contributed by atoms with E-state index in [0.717, 1.165) is 0 Å². The summed E-state index contributed by atoms with van der Waals surface area (Å²) in [5.41, 5.74) is 0. The van der Waals surface area contributed by atoms with Crippen molar-refractivity contribution in [3.63, 3.8) is 0 Å². The second-order valence-electron chi connectivity index (χ2n) is 2.24. The molecule has 0 aromatic heterocycles. The summed E-state index contributed by atoms with van der Waals surface area (Å²) in [5.74, 6) is 10.4. The predicted molar refractivity (Wildman–Crippen MR) is 56.1 cm³/mol. The van der Waals surface area contributed by atoms with Crippen molar-refractivity contribution in [1.82, 2.24) is 0 Å². The molecule has 0 rings (SSSR count). The number of rotatable bonds is 2. The number of allylic oxidation sites excluding steroid dienone is 3. The molecule has 0 saturated carbocycles. The molecule has 14 heavy (non-hydrogen) atoms. The number of esters is 1. The first-order valence-corrected chi connectivity index (χ1v) is 4.18. The Kier molecular flexibility index (Phi) is 7.90. The van der Waals surface area contributed by atoms with Gasteiger partial charge in [0.25, 0.3) is 0 Å². The minimum atomic E-state index is -0.296. The normalized spacial score (nSPS) is 9.00. The van der Waals surface area contributed by atoms with Crippen LogP contribution in [0, 0.1) is 23.7 Å². The van der Waals surface area contributed by atoms with Gasteiger partial charge in [-0.25, -0.2) is 0 Å². The van der Waals surface area contributed by atoms with Gasteiger partial charge in [-0.2, -0.15) is 0 Å². The highest BCUT2D eigenvalue weighted by Gasteiger charge is 1.84. The molecule has 72 valence electrons. The minimum Gasteiger partial charge on any atom is -0.462 e. The molecule has 0 fully saturated rings. The van der Waals surface area contributed by atoms with Crippen LogP contribution in [0.2, 0.25) is 0 Å². The largest absolute Gasteiger partial charge is 0.462 e. The average molecular weight is 188 g/mol. The Balaban J connectivity index is 3.71. The molecule has 0 saturated heterocycles. The van der Waals surface area contributed by atoms with Gasteiger partial charge in [0.2, 0.25) is 0 Å². The van der Waals surface area contributed by atoms with Crippen LogP contribution in [0.5, 0.6) is 0 Å². The van der Waals surface area contributed by atoms with Crippen molar-refractivity contribution in [1.29, 1.82) is 0 Å². The Morgan fingerprint density at radius 1 is 1.29 bits per heavy atom. The Morgan fingerprint density at radius 2 is 1.93 bits per heavy atom. The van der Waals surface area contributed by atoms with Crippen molar-refractivity contribution in [3.8, 4) is 23.7 Å². The zero-order valence-electron chi connectivity index (χ0n) is 8.33. The molecule has 0 atom stereocenters. The molecular weight excluding hydrogens is 176 g/mol. The topological polar surface area (TPSA) is 26.3 Å². The standard InChI is InChI=1S/C12H12O2/c1-3-4-5-6-7-8-9-10-11-14-12(2)13/h3-4,9-10H,11H2,1-2H3. The number of ether oxygens (including phenoxy) is 1. The predicted octanol–water partition coefficient (Wildman–Crippen LogP) is 1.69. The van der Waals surface area contributed by atoms with Crippen LogP contribution in [0.15, 0.2) is 24.3 Å². The Hall–Kier alpha value is -1.93. The summed E-state index contributed by atoms with van der Waals surface area (Å²) in [7, 11) is 0. The molecule has 2 heteroatoms. The maximum absolute atomic E-state index is 10.3. The van der Waals surface area contributed by atoms with Gasteiger partial charge < -0.3 is 4.74 Å². The van der Waals surface area contributed by atoms with Gasteiger partial charge in [-0.1, -0.05) is 17.9 Å². The quantitative estimate of drug-likeness (QED) is 0.487. The van der Waals surface area contributed by atoms with Crippen LogP contribution in [0.25, 0.3) is 0 Å². The van der Waals surface area contributed by atoms with Gasteiger partial charge in [0.15, 0.2) is 0 Å². The molecule has 0 aliphatic carbocycles. The highest BCUT2D eigenvalue weighted by atomic mass is 16.5. The van der Waals surface area contributed by atoms with Crippen molar-refractivity contribution < 1.29 is 9.53 Å². The molecule has 2 nitrogen and oxygen atoms in total. The van der Waals surface area contributed by atoms with Crippen molar-refractivity contribution in [2.75, 3.05) is 6.61 Å². The highest BCUT2D eigenvalue weighted by molar-refractivity contribution is 5.66. The maximum atomic E-state index is 10.3. The molecule has 0 radical (unpaired) electrons. The van der Waals surface area contributed by atoms with Crippen LogP contribution in [0.1, 0.15) is 13.8 Å². The fraction of sp³-hybridized carbons (Fsp3) is 0.250. The molecule has 0 aromatic carbocycles. The molecule has 0 heterocycles. The van der Waals surface area contributed by atoms with Crippen LogP contribution in [0.4, 0.5) is 0 Å². The Morgan fingerprint density at radius 3 is 2.50 bits per heavy atom. The van der Waals surface area contributed by atoms with E-state index in [0.29, 0.717) is 0 Å². The number of carbonyl (C=O) groups excluding carboxylic acids is 1. The van der Waals surface area contributed by atoms with Crippen molar-refractivity contribution in [3.05, 3.63) is 24.3 Å². The SMILES string of the molecule is CC=CC#CC#CC=CCOC(C)=O. The summed E-state index contributed by atoms with van der Waals surface area (Å²) in [5, 5.41) is 0. The number of hydrogen-bond donors (Lipinski definition) is 0. The third-order valence-electron chi connectivity index (χ3n) is 1.04. The van der Waals surface area contributed by atoms with Gasteiger partial charge in [-0.05, 0) is 37.0 Å². The number of hydrogen-bond acceptors (Lipinski definition) is 2. The monoisotopic (exact) mass is 188 g/mol. The Bertz CT molecular complexity index is 340. The summed E-state index contributed by atoms with van der Waals surface area (Å²) >= 11 is 0. The van der Waals surface area contributed by atoms with E-state index in [-0.39, 0.29) is 12.6 Å². The van der Waals surface area contributed by atoms with E-state index in [9.17, 15) is 4.79 Å². The van der Waals surface area contributed by atoms with Gasteiger partial charge in [0, 0.05) is 6.92 Å². The van der Waals surface area contributed by atoms with Crippen LogP contribution in [0.3, 0.4) is 0 Å². The molecule has 0 amide bonds. The third kappa shape index (κ3) is 10.1. The molecule has 0 unspecified atom stereocenters. The van der Waals surface area contributed by atoms with E-state index in [2.05, 4.69) is 28.4 Å². The van der Waals surface area contributed by atoms with Crippen molar-refractivity contribution in [2.24, 2.45) is 0 Å². The molecular formula is C12H12O2. The van der Waals surface area contributed by atoms with E-state index in [1.165, 1.54) is 6.92 Å². The maximum Gasteiger partial charge on any atom is 0.302 e. The average Bonchev–Trinajstić information content (AvgIpc) is 2.15. The smallest absolute Gasteiger partial charge is 0.302 e. The summed E-state index contributed by atoms with van der Waals surface area (Å²) in [6.45, 7) is 3.51. The Labute approximate surface area is 84.6 Å². The fourth-order valence-electron chi connectivity index (χ4n) is 0.511. The first-order chi connectivity index (χ1) is 6.77. The lowest BCUT2D eigenvalue weighted by Crippen LogP contribution is -1.96. The van der Waals surface area contributed by atoms with Crippen LogP contribution in [-0.4, -0.2) is 12.6 Å². The van der Waals surface area contributed by atoms with Gasteiger partial charge in [-0.15, -0.1) is 0 Å². The molecule has 0 bridgehead atoms. The molecule has 0 N–H and O–H groups in total. The zero-order valence-corrected chi connectivity index (χ0v) is 8.33. The van der Waals surface area contributed by atoms with Crippen molar-refractivity contribution in [2.45, 2.75) is 13.8 Å². The van der Waals surface area contributed by atoms with E-state index < -0.39 is 0 Å². The second kappa shape index (κ2) is 9.16. The van der Waals surface area contributed by atoms with E-state index in [1.807, 2.05) is 13.0 Å². The molecule has 0 spiro atoms. The van der Waals surface area contributed by atoms with Gasteiger partial charge >= 0.3 is 5.97 Å². The lowest BCUT2D eigenvalue weighted by molar-refractivity contribution is -0.139. The van der Waals surface area contributed by atoms with Crippen molar-refractivity contribution >= 4 is 5.97 Å². The van der Waals surface area contributed by atoms with Crippen LogP contribution >= 0.6 is 0 Å². The van der Waals surface area contributed by atoms with E-state index in [4.69, 9.17) is 0 Å². The summed E-state index contributed by atoms with van der Waals surface area (Å²) in [6, 6.07) is 0. The highest BCUT2D eigenvalue weighted by Crippen LogP contribution is 1.77. The third-order valence-corrected chi connectivity index (χ3v) is 1.04. The zero-order chi connectivity index (χ0) is 10.6. The lowest BCUT2D eigenvalue weighted by atomic mass is 10.4. The summed E-state index contributed by atoms with van der Waals surface area (Å²) in [4.78, 5) is 10.3. The summed E-state index contributed by atoms with van der Waals surface area (Å²) in [6.07, 6.45) is 6.82. The fourth-order valence-corrected chi connectivity index (χ4v) is 0.511. The first kappa shape index (κ1) is 12.1. The van der Waals surface area contributed by atoms with E-state index >= 15 is 0 Å². The first-order valence-electron chi connectivity index (χ1n) is 4.18. The number of carbonyl (C=O) groups is 1. The molecule has 0 aliphatic rings. The molecule has 0 aromatic rings. The summed E-state index contributed by atoms with van der Waals surface area (Å²) < 4.78 is 4.65. The van der Waals surface area contributed by atoms with E-state index in [1.54, 1.807) is 18.2 Å². The lowest BCUT2D eigenvalue weighted by Gasteiger charge is -1.91. The molecule has 0 aliphatic heterocycles. The van der Waals surface area contributed by atoms with Crippen LogP contribution in [-0.2, 0) is 9.53 Å².